The van der Waals surface area contributed by atoms with Gasteiger partial charge in [-0.2, -0.15) is 0 Å². The van der Waals surface area contributed by atoms with Crippen molar-refractivity contribution in [1.82, 2.24) is 4.98 Å². The zero-order valence-electron chi connectivity index (χ0n) is 11.9. The van der Waals surface area contributed by atoms with E-state index in [1.165, 1.54) is 0 Å². The standard InChI is InChI=1S/C17H20N2O/c1-12(2)9-16(17(18)20)14-6-3-5-13(10-14)15-7-4-8-19-11-15/h3-8,10-12,16H,9H2,1-2H3,(H2,18,20). The van der Waals surface area contributed by atoms with Crippen LogP contribution in [0.1, 0.15) is 31.7 Å². The molecule has 3 nitrogen and oxygen atoms in total. The van der Waals surface area contributed by atoms with Crippen LogP contribution in [0.5, 0.6) is 0 Å². The van der Waals surface area contributed by atoms with Crippen LogP contribution in [0.25, 0.3) is 11.1 Å². The van der Waals surface area contributed by atoms with Gasteiger partial charge in [0.05, 0.1) is 5.92 Å². The number of hydrogen-bond donors (Lipinski definition) is 1. The molecule has 0 fully saturated rings. The minimum atomic E-state index is -0.262. The van der Waals surface area contributed by atoms with E-state index >= 15 is 0 Å². The Kier molecular flexibility index (Phi) is 4.51. The number of benzene rings is 1. The van der Waals surface area contributed by atoms with Crippen LogP contribution in [0.15, 0.2) is 48.8 Å². The third-order valence-electron chi connectivity index (χ3n) is 3.33. The van der Waals surface area contributed by atoms with Gasteiger partial charge in [0.15, 0.2) is 0 Å². The van der Waals surface area contributed by atoms with Gasteiger partial charge in [-0.05, 0) is 35.1 Å². The zero-order valence-corrected chi connectivity index (χ0v) is 11.9. The molecule has 2 aromatic rings. The van der Waals surface area contributed by atoms with Gasteiger partial charge < -0.3 is 5.73 Å². The summed E-state index contributed by atoms with van der Waals surface area (Å²) in [4.78, 5) is 15.8. The molecule has 1 aromatic carbocycles. The fourth-order valence-electron chi connectivity index (χ4n) is 2.36. The third kappa shape index (κ3) is 3.44. The number of rotatable bonds is 5. The topological polar surface area (TPSA) is 56.0 Å². The molecule has 1 amide bonds. The van der Waals surface area contributed by atoms with Gasteiger partial charge in [-0.15, -0.1) is 0 Å². The highest BCUT2D eigenvalue weighted by atomic mass is 16.1. The Morgan fingerprint density at radius 3 is 2.55 bits per heavy atom. The highest BCUT2D eigenvalue weighted by Gasteiger charge is 2.19. The third-order valence-corrected chi connectivity index (χ3v) is 3.33. The SMILES string of the molecule is CC(C)CC(C(N)=O)c1cccc(-c2cccnc2)c1. The Balaban J connectivity index is 2.35. The summed E-state index contributed by atoms with van der Waals surface area (Å²) in [6.07, 6.45) is 4.34. The normalized spacial score (nSPS) is 12.3. The van der Waals surface area contributed by atoms with Gasteiger partial charge >= 0.3 is 0 Å². The maximum Gasteiger partial charge on any atom is 0.224 e. The molecule has 20 heavy (non-hydrogen) atoms. The van der Waals surface area contributed by atoms with Crippen molar-refractivity contribution >= 4 is 5.91 Å². The first-order valence-electron chi connectivity index (χ1n) is 6.87. The van der Waals surface area contributed by atoms with E-state index in [1.807, 2.05) is 42.6 Å². The summed E-state index contributed by atoms with van der Waals surface area (Å²) in [6.45, 7) is 4.20. The van der Waals surface area contributed by atoms with Crippen molar-refractivity contribution in [2.75, 3.05) is 0 Å². The molecule has 2 N–H and O–H groups in total. The average molecular weight is 268 g/mol. The summed E-state index contributed by atoms with van der Waals surface area (Å²) in [7, 11) is 0. The summed E-state index contributed by atoms with van der Waals surface area (Å²) in [6, 6.07) is 11.9. The largest absolute Gasteiger partial charge is 0.369 e. The highest BCUT2D eigenvalue weighted by molar-refractivity contribution is 5.82. The minimum Gasteiger partial charge on any atom is -0.369 e. The second-order valence-electron chi connectivity index (χ2n) is 5.45. The van der Waals surface area contributed by atoms with E-state index in [1.54, 1.807) is 6.20 Å². The predicted molar refractivity (Wildman–Crippen MR) is 81.1 cm³/mol. The lowest BCUT2D eigenvalue weighted by atomic mass is 9.88. The summed E-state index contributed by atoms with van der Waals surface area (Å²) in [5.41, 5.74) is 8.64. The molecule has 1 heterocycles. The molecule has 0 aliphatic heterocycles. The summed E-state index contributed by atoms with van der Waals surface area (Å²) < 4.78 is 0. The fraction of sp³-hybridized carbons (Fsp3) is 0.294. The van der Waals surface area contributed by atoms with E-state index in [0.717, 1.165) is 23.1 Å². The molecule has 3 heteroatoms. The molecule has 2 rings (SSSR count). The van der Waals surface area contributed by atoms with Crippen molar-refractivity contribution in [3.05, 3.63) is 54.4 Å². The van der Waals surface area contributed by atoms with Crippen LogP contribution in [-0.2, 0) is 4.79 Å². The summed E-state index contributed by atoms with van der Waals surface area (Å²) >= 11 is 0. The number of nitrogens with two attached hydrogens (primary N) is 1. The van der Waals surface area contributed by atoms with Crippen molar-refractivity contribution in [1.29, 1.82) is 0 Å². The smallest absolute Gasteiger partial charge is 0.224 e. The van der Waals surface area contributed by atoms with Crippen LogP contribution >= 0.6 is 0 Å². The number of primary amides is 1. The Hall–Kier alpha value is -2.16. The van der Waals surface area contributed by atoms with Gasteiger partial charge in [-0.25, -0.2) is 0 Å². The molecule has 0 spiro atoms. The Labute approximate surface area is 119 Å². The molecule has 0 aliphatic carbocycles. The average Bonchev–Trinajstić information content (AvgIpc) is 2.45. The fourth-order valence-corrected chi connectivity index (χ4v) is 2.36. The summed E-state index contributed by atoms with van der Waals surface area (Å²) in [5.74, 6) is -0.0665. The Morgan fingerprint density at radius 1 is 1.20 bits per heavy atom. The van der Waals surface area contributed by atoms with Gasteiger partial charge in [0.1, 0.15) is 0 Å². The maximum absolute atomic E-state index is 11.7. The summed E-state index contributed by atoms with van der Waals surface area (Å²) in [5, 5.41) is 0. The van der Waals surface area contributed by atoms with Crippen LogP contribution < -0.4 is 5.73 Å². The zero-order chi connectivity index (χ0) is 14.5. The number of carbonyl (C=O) groups is 1. The first-order valence-corrected chi connectivity index (χ1v) is 6.87. The van der Waals surface area contributed by atoms with Crippen LogP contribution in [0.2, 0.25) is 0 Å². The van der Waals surface area contributed by atoms with Gasteiger partial charge in [0, 0.05) is 12.4 Å². The second kappa shape index (κ2) is 6.33. The monoisotopic (exact) mass is 268 g/mol. The number of hydrogen-bond acceptors (Lipinski definition) is 2. The number of pyridine rings is 1. The van der Waals surface area contributed by atoms with Crippen LogP contribution in [0, 0.1) is 5.92 Å². The van der Waals surface area contributed by atoms with Crippen molar-refractivity contribution in [2.24, 2.45) is 11.7 Å². The Bertz CT molecular complexity index is 579. The van der Waals surface area contributed by atoms with Gasteiger partial charge in [-0.3, -0.25) is 9.78 Å². The highest BCUT2D eigenvalue weighted by Crippen LogP contribution is 2.27. The molecular weight excluding hydrogens is 248 g/mol. The molecule has 0 aliphatic rings. The van der Waals surface area contributed by atoms with Crippen molar-refractivity contribution in [2.45, 2.75) is 26.2 Å². The number of nitrogens with zero attached hydrogens (tertiary/aromatic N) is 1. The van der Waals surface area contributed by atoms with Crippen LogP contribution in [0.4, 0.5) is 0 Å². The van der Waals surface area contributed by atoms with Crippen molar-refractivity contribution < 1.29 is 4.79 Å². The van der Waals surface area contributed by atoms with E-state index in [0.29, 0.717) is 5.92 Å². The lowest BCUT2D eigenvalue weighted by Crippen LogP contribution is -2.22. The molecule has 0 radical (unpaired) electrons. The second-order valence-corrected chi connectivity index (χ2v) is 5.45. The van der Waals surface area contributed by atoms with E-state index < -0.39 is 0 Å². The molecule has 0 bridgehead atoms. The Morgan fingerprint density at radius 2 is 1.95 bits per heavy atom. The molecular formula is C17H20N2O. The van der Waals surface area contributed by atoms with E-state index in [4.69, 9.17) is 5.73 Å². The van der Waals surface area contributed by atoms with Gasteiger partial charge in [0.25, 0.3) is 0 Å². The van der Waals surface area contributed by atoms with E-state index in [9.17, 15) is 4.79 Å². The van der Waals surface area contributed by atoms with Gasteiger partial charge in [-0.1, -0.05) is 44.2 Å². The molecule has 0 saturated carbocycles. The lowest BCUT2D eigenvalue weighted by Gasteiger charge is -2.17. The van der Waals surface area contributed by atoms with Crippen molar-refractivity contribution in [3.8, 4) is 11.1 Å². The number of amides is 1. The van der Waals surface area contributed by atoms with E-state index in [2.05, 4.69) is 18.8 Å². The van der Waals surface area contributed by atoms with Gasteiger partial charge in [0.2, 0.25) is 5.91 Å². The quantitative estimate of drug-likeness (QED) is 0.904. The van der Waals surface area contributed by atoms with E-state index in [-0.39, 0.29) is 11.8 Å². The first kappa shape index (κ1) is 14.3. The molecule has 1 unspecified atom stereocenters. The molecule has 1 aromatic heterocycles. The lowest BCUT2D eigenvalue weighted by molar-refractivity contribution is -0.119. The predicted octanol–water partition coefficient (Wildman–Crippen LogP) is 3.36. The first-order chi connectivity index (χ1) is 9.58. The van der Waals surface area contributed by atoms with Crippen molar-refractivity contribution in [3.63, 3.8) is 0 Å². The molecule has 1 atom stereocenters. The maximum atomic E-state index is 11.7. The molecule has 0 saturated heterocycles. The minimum absolute atomic E-state index is 0.230. The number of aromatic nitrogens is 1. The van der Waals surface area contributed by atoms with Crippen LogP contribution in [-0.4, -0.2) is 10.9 Å². The van der Waals surface area contributed by atoms with Crippen LogP contribution in [0.3, 0.4) is 0 Å². The molecule has 104 valence electrons. The number of carbonyl (C=O) groups excluding carboxylic acids is 1.